The first-order valence-corrected chi connectivity index (χ1v) is 7.55. The molecule has 0 aliphatic carbocycles. The zero-order chi connectivity index (χ0) is 15.9. The lowest BCUT2D eigenvalue weighted by molar-refractivity contribution is -0.384. The quantitative estimate of drug-likeness (QED) is 0.479. The van der Waals surface area contributed by atoms with Gasteiger partial charge in [0.05, 0.1) is 4.92 Å². The molecule has 2 rings (SSSR count). The fourth-order valence-corrected chi connectivity index (χ4v) is 3.21. The molecule has 1 unspecified atom stereocenters. The van der Waals surface area contributed by atoms with Gasteiger partial charge in [-0.15, -0.1) is 3.89 Å². The number of hydrogen-bond donors (Lipinski definition) is 0. The van der Waals surface area contributed by atoms with E-state index in [4.69, 9.17) is 0 Å². The Morgan fingerprint density at radius 3 is 2.24 bits per heavy atom. The van der Waals surface area contributed by atoms with Crippen molar-refractivity contribution in [1.82, 2.24) is 0 Å². The van der Waals surface area contributed by atoms with Gasteiger partial charge in [-0.05, 0) is 25.0 Å². The van der Waals surface area contributed by atoms with Crippen LogP contribution in [0.15, 0.2) is 12.1 Å². The third kappa shape index (κ3) is 2.87. The van der Waals surface area contributed by atoms with Crippen molar-refractivity contribution in [2.24, 2.45) is 0 Å². The summed E-state index contributed by atoms with van der Waals surface area (Å²) in [5, 5.41) is 9.39. The van der Waals surface area contributed by atoms with Gasteiger partial charge < -0.3 is 4.90 Å². The number of halogens is 1. The van der Waals surface area contributed by atoms with Crippen LogP contribution in [0.3, 0.4) is 0 Å². The monoisotopic (exact) mass is 316 g/mol. The van der Waals surface area contributed by atoms with E-state index in [1.807, 2.05) is 0 Å². The number of nitro groups is 1. The highest BCUT2D eigenvalue weighted by atomic mass is 32.3. The summed E-state index contributed by atoms with van der Waals surface area (Å²) < 4.78 is 34.9. The second-order valence-electron chi connectivity index (χ2n) is 4.99. The van der Waals surface area contributed by atoms with Crippen LogP contribution in [-0.4, -0.2) is 31.0 Å². The van der Waals surface area contributed by atoms with E-state index in [-0.39, 0.29) is 12.2 Å². The summed E-state index contributed by atoms with van der Waals surface area (Å²) in [4.78, 5) is 23.3. The highest BCUT2D eigenvalue weighted by molar-refractivity contribution is 7.87. The summed E-state index contributed by atoms with van der Waals surface area (Å²) >= 11 is 0. The number of carbonyl (C=O) groups is 1. The predicted molar refractivity (Wildman–Crippen MR) is 73.4 cm³/mol. The molecule has 21 heavy (non-hydrogen) atoms. The second kappa shape index (κ2) is 5.06. The van der Waals surface area contributed by atoms with Crippen molar-refractivity contribution in [3.63, 3.8) is 0 Å². The molecule has 1 amide bonds. The Morgan fingerprint density at radius 1 is 1.33 bits per heavy atom. The van der Waals surface area contributed by atoms with Gasteiger partial charge in [-0.2, -0.15) is 8.42 Å². The van der Waals surface area contributed by atoms with Crippen molar-refractivity contribution in [1.29, 1.82) is 0 Å². The molecule has 7 nitrogen and oxygen atoms in total. The van der Waals surface area contributed by atoms with Gasteiger partial charge in [0, 0.05) is 30.8 Å². The van der Waals surface area contributed by atoms with Crippen LogP contribution in [0.25, 0.3) is 0 Å². The smallest absolute Gasteiger partial charge is 0.307 e. The van der Waals surface area contributed by atoms with Gasteiger partial charge in [0.15, 0.2) is 0 Å². The number of anilines is 1. The maximum absolute atomic E-state index is 13.0. The Labute approximate surface area is 120 Å². The molecule has 1 aliphatic rings. The Hall–Kier alpha value is -2.03. The van der Waals surface area contributed by atoms with Gasteiger partial charge in [0.2, 0.25) is 5.91 Å². The first kappa shape index (κ1) is 15.4. The lowest BCUT2D eigenvalue weighted by Crippen LogP contribution is -2.28. The summed E-state index contributed by atoms with van der Waals surface area (Å²) in [6.07, 6.45) is -0.422. The number of nitrogens with zero attached hydrogens (tertiary/aromatic N) is 2. The zero-order valence-electron chi connectivity index (χ0n) is 11.4. The minimum Gasteiger partial charge on any atom is -0.310 e. The largest absolute Gasteiger partial charge is 0.310 e. The molecule has 1 saturated heterocycles. The summed E-state index contributed by atoms with van der Waals surface area (Å²) in [6, 6.07) is 2.60. The molecule has 9 heteroatoms. The van der Waals surface area contributed by atoms with Gasteiger partial charge in [-0.25, -0.2) is 0 Å². The SMILES string of the molecule is Cc1cc([N+](=O)[O-])cc(C)c1N1CC(S(=O)(=O)F)CC1=O. The zero-order valence-corrected chi connectivity index (χ0v) is 12.2. The summed E-state index contributed by atoms with van der Waals surface area (Å²) in [5.74, 6) is -0.513. The van der Waals surface area contributed by atoms with Crippen LogP contribution < -0.4 is 4.90 Å². The highest BCUT2D eigenvalue weighted by Gasteiger charge is 2.40. The molecule has 1 aliphatic heterocycles. The number of non-ortho nitro benzene ring substituents is 1. The van der Waals surface area contributed by atoms with E-state index < -0.39 is 32.7 Å². The molecule has 0 bridgehead atoms. The average molecular weight is 316 g/mol. The molecule has 114 valence electrons. The molecular formula is C12H13FN2O5S. The van der Waals surface area contributed by atoms with Crippen molar-refractivity contribution >= 4 is 27.5 Å². The van der Waals surface area contributed by atoms with Crippen molar-refractivity contribution in [2.45, 2.75) is 25.5 Å². The van der Waals surface area contributed by atoms with Crippen LogP contribution in [0, 0.1) is 24.0 Å². The first-order chi connectivity index (χ1) is 9.61. The standard InChI is InChI=1S/C12H13FN2O5S/c1-7-3-9(15(17)18)4-8(2)12(7)14-6-10(5-11(14)16)21(13,19)20/h3-4,10H,5-6H2,1-2H3. The molecule has 0 saturated carbocycles. The van der Waals surface area contributed by atoms with E-state index in [1.54, 1.807) is 13.8 Å². The summed E-state index contributed by atoms with van der Waals surface area (Å²) in [5.41, 5.74) is 1.21. The minimum absolute atomic E-state index is 0.116. The molecule has 1 aromatic rings. The van der Waals surface area contributed by atoms with E-state index in [0.717, 1.165) is 0 Å². The van der Waals surface area contributed by atoms with Gasteiger partial charge in [0.1, 0.15) is 5.25 Å². The number of carbonyl (C=O) groups excluding carboxylic acids is 1. The summed E-state index contributed by atoms with van der Waals surface area (Å²) in [6.45, 7) is 2.89. The van der Waals surface area contributed by atoms with Crippen molar-refractivity contribution in [3.8, 4) is 0 Å². The Balaban J connectivity index is 2.44. The van der Waals surface area contributed by atoms with Crippen LogP contribution in [0.2, 0.25) is 0 Å². The maximum atomic E-state index is 13.0. The van der Waals surface area contributed by atoms with Gasteiger partial charge in [0.25, 0.3) is 5.69 Å². The van der Waals surface area contributed by atoms with Gasteiger partial charge >= 0.3 is 10.2 Å². The first-order valence-electron chi connectivity index (χ1n) is 6.10. The predicted octanol–water partition coefficient (Wildman–Crippen LogP) is 1.62. The third-order valence-electron chi connectivity index (χ3n) is 3.44. The molecule has 0 N–H and O–H groups in total. The third-order valence-corrected chi connectivity index (χ3v) is 4.56. The van der Waals surface area contributed by atoms with E-state index in [0.29, 0.717) is 16.8 Å². The van der Waals surface area contributed by atoms with Crippen molar-refractivity contribution in [2.75, 3.05) is 11.4 Å². The van der Waals surface area contributed by atoms with Crippen LogP contribution in [0.1, 0.15) is 17.5 Å². The number of benzene rings is 1. The van der Waals surface area contributed by atoms with Crippen LogP contribution in [-0.2, 0) is 15.0 Å². The number of aryl methyl sites for hydroxylation is 2. The molecule has 0 aromatic heterocycles. The second-order valence-corrected chi connectivity index (χ2v) is 6.61. The van der Waals surface area contributed by atoms with E-state index in [9.17, 15) is 27.2 Å². The van der Waals surface area contributed by atoms with Crippen LogP contribution >= 0.6 is 0 Å². The number of nitro benzene ring substituents is 1. The highest BCUT2D eigenvalue weighted by Crippen LogP contribution is 2.33. The molecule has 0 radical (unpaired) electrons. The molecule has 1 atom stereocenters. The van der Waals surface area contributed by atoms with Crippen LogP contribution in [0.4, 0.5) is 15.3 Å². The molecule has 0 spiro atoms. The Morgan fingerprint density at radius 2 is 1.86 bits per heavy atom. The Kier molecular flexibility index (Phi) is 3.70. The van der Waals surface area contributed by atoms with Crippen molar-refractivity contribution < 1.29 is 22.0 Å². The van der Waals surface area contributed by atoms with E-state index in [2.05, 4.69) is 0 Å². The fraction of sp³-hybridized carbons (Fsp3) is 0.417. The Bertz CT molecular complexity index is 708. The normalized spacial score (nSPS) is 19.1. The summed E-state index contributed by atoms with van der Waals surface area (Å²) in [7, 11) is -4.79. The van der Waals surface area contributed by atoms with Gasteiger partial charge in [-0.3, -0.25) is 14.9 Å². The average Bonchev–Trinajstić information content (AvgIpc) is 2.70. The lowest BCUT2D eigenvalue weighted by Gasteiger charge is -2.21. The maximum Gasteiger partial charge on any atom is 0.307 e. The number of hydrogen-bond acceptors (Lipinski definition) is 5. The molecule has 1 fully saturated rings. The van der Waals surface area contributed by atoms with Crippen molar-refractivity contribution in [3.05, 3.63) is 33.4 Å². The number of amides is 1. The topological polar surface area (TPSA) is 97.6 Å². The molecule has 1 heterocycles. The van der Waals surface area contributed by atoms with Crippen LogP contribution in [0.5, 0.6) is 0 Å². The molecular weight excluding hydrogens is 303 g/mol. The fourth-order valence-electron chi connectivity index (χ4n) is 2.54. The van der Waals surface area contributed by atoms with Gasteiger partial charge in [-0.1, -0.05) is 0 Å². The van der Waals surface area contributed by atoms with E-state index >= 15 is 0 Å². The van der Waals surface area contributed by atoms with E-state index in [1.165, 1.54) is 17.0 Å². The lowest BCUT2D eigenvalue weighted by atomic mass is 10.1. The minimum atomic E-state index is -4.79. The molecule has 1 aromatic carbocycles. The number of rotatable bonds is 3.